The molecule has 1 aromatic carbocycles. The summed E-state index contributed by atoms with van der Waals surface area (Å²) in [4.78, 5) is 11.9. The molecule has 0 aliphatic heterocycles. The molecule has 1 fully saturated rings. The molecular weight excluding hydrogens is 260 g/mol. The Hall–Kier alpha value is -1.51. The van der Waals surface area contributed by atoms with Gasteiger partial charge < -0.3 is 10.6 Å². The summed E-state index contributed by atoms with van der Waals surface area (Å²) in [7, 11) is 0. The van der Waals surface area contributed by atoms with Crippen molar-refractivity contribution in [1.29, 1.82) is 0 Å². The van der Waals surface area contributed by atoms with Crippen molar-refractivity contribution in [2.75, 3.05) is 5.32 Å². The topological polar surface area (TPSA) is 41.1 Å². The van der Waals surface area contributed by atoms with E-state index in [1.54, 1.807) is 0 Å². The molecule has 3 nitrogen and oxygen atoms in total. The minimum Gasteiger partial charge on any atom is -0.382 e. The molecule has 0 heterocycles. The zero-order valence-corrected chi connectivity index (χ0v) is 13.5. The van der Waals surface area contributed by atoms with Crippen LogP contribution in [0.1, 0.15) is 63.2 Å². The van der Waals surface area contributed by atoms with E-state index in [-0.39, 0.29) is 11.9 Å². The highest BCUT2D eigenvalue weighted by atomic mass is 16.1. The van der Waals surface area contributed by atoms with Crippen LogP contribution in [0, 0.1) is 5.92 Å². The van der Waals surface area contributed by atoms with Gasteiger partial charge in [-0.2, -0.15) is 0 Å². The standard InChI is InChI=1S/C18H28N2O/c1-13(2)19-18(21)15-8-11-17(12-9-15)20-16-6-4-5-14(3)7-10-16/h8-9,11-14,16,20H,4-7,10H2,1-3H3,(H,19,21). The number of nitrogens with one attached hydrogen (secondary N) is 2. The summed E-state index contributed by atoms with van der Waals surface area (Å²) >= 11 is 0. The van der Waals surface area contributed by atoms with Crippen LogP contribution in [0.25, 0.3) is 0 Å². The predicted octanol–water partition coefficient (Wildman–Crippen LogP) is 4.21. The molecule has 1 saturated carbocycles. The molecule has 0 radical (unpaired) electrons. The monoisotopic (exact) mass is 288 g/mol. The highest BCUT2D eigenvalue weighted by Crippen LogP contribution is 2.25. The van der Waals surface area contributed by atoms with Crippen LogP contribution in [-0.2, 0) is 0 Å². The van der Waals surface area contributed by atoms with Gasteiger partial charge in [-0.05, 0) is 63.3 Å². The smallest absolute Gasteiger partial charge is 0.251 e. The Balaban J connectivity index is 1.91. The number of rotatable bonds is 4. The van der Waals surface area contributed by atoms with Crippen molar-refractivity contribution in [2.45, 2.75) is 65.0 Å². The highest BCUT2D eigenvalue weighted by molar-refractivity contribution is 5.94. The second-order valence-corrected chi connectivity index (χ2v) is 6.66. The van der Waals surface area contributed by atoms with Crippen LogP contribution in [0.4, 0.5) is 5.69 Å². The molecule has 0 saturated heterocycles. The van der Waals surface area contributed by atoms with E-state index in [1.807, 2.05) is 38.1 Å². The van der Waals surface area contributed by atoms with Gasteiger partial charge in [-0.1, -0.05) is 19.8 Å². The van der Waals surface area contributed by atoms with Crippen molar-refractivity contribution >= 4 is 11.6 Å². The first-order valence-electron chi connectivity index (χ1n) is 8.22. The molecule has 1 aromatic rings. The summed E-state index contributed by atoms with van der Waals surface area (Å²) in [5.74, 6) is 0.860. The van der Waals surface area contributed by atoms with Crippen LogP contribution in [0.15, 0.2) is 24.3 Å². The van der Waals surface area contributed by atoms with Gasteiger partial charge >= 0.3 is 0 Å². The van der Waals surface area contributed by atoms with Crippen molar-refractivity contribution in [3.8, 4) is 0 Å². The Labute approximate surface area is 128 Å². The third kappa shape index (κ3) is 5.07. The third-order valence-corrected chi connectivity index (χ3v) is 4.20. The van der Waals surface area contributed by atoms with E-state index in [0.717, 1.165) is 17.2 Å². The Kier molecular flexibility index (Phi) is 5.66. The van der Waals surface area contributed by atoms with Gasteiger partial charge in [0.2, 0.25) is 0 Å². The SMILES string of the molecule is CC1CCCC(Nc2ccc(C(=O)NC(C)C)cc2)CC1. The molecule has 21 heavy (non-hydrogen) atoms. The van der Waals surface area contributed by atoms with Gasteiger partial charge in [0.15, 0.2) is 0 Å². The fraction of sp³-hybridized carbons (Fsp3) is 0.611. The van der Waals surface area contributed by atoms with Crippen molar-refractivity contribution in [3.05, 3.63) is 29.8 Å². The van der Waals surface area contributed by atoms with Gasteiger partial charge in [0.1, 0.15) is 0 Å². The molecule has 2 rings (SSSR count). The van der Waals surface area contributed by atoms with Crippen LogP contribution in [0.2, 0.25) is 0 Å². The highest BCUT2D eigenvalue weighted by Gasteiger charge is 2.16. The maximum Gasteiger partial charge on any atom is 0.251 e. The fourth-order valence-electron chi connectivity index (χ4n) is 2.93. The van der Waals surface area contributed by atoms with Crippen LogP contribution in [0.3, 0.4) is 0 Å². The van der Waals surface area contributed by atoms with E-state index in [4.69, 9.17) is 0 Å². The normalized spacial score (nSPS) is 22.7. The summed E-state index contributed by atoms with van der Waals surface area (Å²) in [5, 5.41) is 6.53. The number of amides is 1. The minimum atomic E-state index is -0.000147. The number of anilines is 1. The predicted molar refractivity (Wildman–Crippen MR) is 88.7 cm³/mol. The maximum atomic E-state index is 11.9. The van der Waals surface area contributed by atoms with E-state index >= 15 is 0 Å². The number of carbonyl (C=O) groups excluding carboxylic acids is 1. The minimum absolute atomic E-state index is 0.000147. The van der Waals surface area contributed by atoms with E-state index in [9.17, 15) is 4.79 Å². The second kappa shape index (κ2) is 7.48. The van der Waals surface area contributed by atoms with Crippen LogP contribution < -0.4 is 10.6 Å². The van der Waals surface area contributed by atoms with Crippen molar-refractivity contribution in [3.63, 3.8) is 0 Å². The molecule has 1 aliphatic carbocycles. The van der Waals surface area contributed by atoms with Gasteiger partial charge in [-0.3, -0.25) is 4.79 Å². The molecule has 0 aromatic heterocycles. The molecule has 0 spiro atoms. The first kappa shape index (κ1) is 15.9. The number of carbonyl (C=O) groups is 1. The lowest BCUT2D eigenvalue weighted by molar-refractivity contribution is 0.0943. The Bertz CT molecular complexity index is 453. The molecule has 116 valence electrons. The molecule has 0 bridgehead atoms. The number of hydrogen-bond donors (Lipinski definition) is 2. The van der Waals surface area contributed by atoms with Crippen LogP contribution >= 0.6 is 0 Å². The maximum absolute atomic E-state index is 11.9. The Morgan fingerprint density at radius 2 is 1.81 bits per heavy atom. The molecule has 1 aliphatic rings. The Morgan fingerprint density at radius 3 is 2.48 bits per heavy atom. The zero-order valence-electron chi connectivity index (χ0n) is 13.5. The van der Waals surface area contributed by atoms with E-state index in [1.165, 1.54) is 32.1 Å². The molecule has 2 atom stereocenters. The first-order valence-corrected chi connectivity index (χ1v) is 8.22. The lowest BCUT2D eigenvalue weighted by Crippen LogP contribution is -2.30. The van der Waals surface area contributed by atoms with Gasteiger partial charge in [0.05, 0.1) is 0 Å². The Morgan fingerprint density at radius 1 is 1.10 bits per heavy atom. The van der Waals surface area contributed by atoms with Gasteiger partial charge in [-0.25, -0.2) is 0 Å². The number of benzene rings is 1. The van der Waals surface area contributed by atoms with Crippen molar-refractivity contribution in [2.24, 2.45) is 5.92 Å². The quantitative estimate of drug-likeness (QED) is 0.815. The molecule has 2 unspecified atom stereocenters. The average molecular weight is 288 g/mol. The molecular formula is C18H28N2O. The fourth-order valence-corrected chi connectivity index (χ4v) is 2.93. The van der Waals surface area contributed by atoms with Crippen LogP contribution in [-0.4, -0.2) is 18.0 Å². The molecule has 2 N–H and O–H groups in total. The lowest BCUT2D eigenvalue weighted by Gasteiger charge is -2.18. The number of hydrogen-bond acceptors (Lipinski definition) is 2. The summed E-state index contributed by atoms with van der Waals surface area (Å²) in [6.07, 6.45) is 6.48. The summed E-state index contributed by atoms with van der Waals surface area (Å²) in [5.41, 5.74) is 1.85. The largest absolute Gasteiger partial charge is 0.382 e. The van der Waals surface area contributed by atoms with Crippen LogP contribution in [0.5, 0.6) is 0 Å². The zero-order chi connectivity index (χ0) is 15.2. The second-order valence-electron chi connectivity index (χ2n) is 6.66. The molecule has 1 amide bonds. The average Bonchev–Trinajstić information content (AvgIpc) is 2.64. The van der Waals surface area contributed by atoms with Gasteiger partial charge in [0.25, 0.3) is 5.91 Å². The van der Waals surface area contributed by atoms with E-state index in [2.05, 4.69) is 17.6 Å². The summed E-state index contributed by atoms with van der Waals surface area (Å²) < 4.78 is 0. The van der Waals surface area contributed by atoms with Crippen molar-refractivity contribution < 1.29 is 4.79 Å². The van der Waals surface area contributed by atoms with Gasteiger partial charge in [0, 0.05) is 23.3 Å². The lowest BCUT2D eigenvalue weighted by atomic mass is 10.0. The van der Waals surface area contributed by atoms with E-state index < -0.39 is 0 Å². The summed E-state index contributed by atoms with van der Waals surface area (Å²) in [6, 6.07) is 8.58. The third-order valence-electron chi connectivity index (χ3n) is 4.20. The van der Waals surface area contributed by atoms with E-state index in [0.29, 0.717) is 6.04 Å². The first-order chi connectivity index (χ1) is 10.0. The molecule has 3 heteroatoms. The summed E-state index contributed by atoms with van der Waals surface area (Å²) in [6.45, 7) is 6.30. The van der Waals surface area contributed by atoms with Gasteiger partial charge in [-0.15, -0.1) is 0 Å². The van der Waals surface area contributed by atoms with Crippen molar-refractivity contribution in [1.82, 2.24) is 5.32 Å².